The van der Waals surface area contributed by atoms with Crippen molar-refractivity contribution in [3.8, 4) is 6.07 Å². The molecule has 0 heterocycles. The summed E-state index contributed by atoms with van der Waals surface area (Å²) in [4.78, 5) is 11.9. The molecular formula is C12H14BrN3O. The zero-order valence-electron chi connectivity index (χ0n) is 9.53. The van der Waals surface area contributed by atoms with Crippen LogP contribution in [0.5, 0.6) is 0 Å². The molecule has 4 nitrogen and oxygen atoms in total. The van der Waals surface area contributed by atoms with Gasteiger partial charge in [0.2, 0.25) is 0 Å². The molecule has 1 aromatic carbocycles. The Bertz CT molecular complexity index is 454. The van der Waals surface area contributed by atoms with Gasteiger partial charge < -0.3 is 11.1 Å². The van der Waals surface area contributed by atoms with Crippen molar-refractivity contribution < 1.29 is 4.79 Å². The summed E-state index contributed by atoms with van der Waals surface area (Å²) in [6.07, 6.45) is 1.04. The minimum Gasteiger partial charge on any atom is -0.398 e. The van der Waals surface area contributed by atoms with E-state index < -0.39 is 0 Å². The van der Waals surface area contributed by atoms with Crippen LogP contribution in [0.4, 0.5) is 5.69 Å². The second kappa shape index (κ2) is 6.26. The molecule has 1 amide bonds. The van der Waals surface area contributed by atoms with Crippen molar-refractivity contribution in [2.24, 2.45) is 0 Å². The number of carbonyl (C=O) groups excluding carboxylic acids is 1. The van der Waals surface area contributed by atoms with Crippen LogP contribution in [0.2, 0.25) is 0 Å². The maximum absolute atomic E-state index is 11.9. The van der Waals surface area contributed by atoms with E-state index in [-0.39, 0.29) is 11.9 Å². The van der Waals surface area contributed by atoms with Gasteiger partial charge in [0, 0.05) is 21.8 Å². The molecule has 3 N–H and O–H groups in total. The van der Waals surface area contributed by atoms with Crippen LogP contribution in [0, 0.1) is 11.3 Å². The fraction of sp³-hybridized carbons (Fsp3) is 0.333. The summed E-state index contributed by atoms with van der Waals surface area (Å²) in [5.74, 6) is -0.202. The summed E-state index contributed by atoms with van der Waals surface area (Å²) in [6.45, 7) is 1.93. The van der Waals surface area contributed by atoms with Crippen molar-refractivity contribution in [3.63, 3.8) is 0 Å². The summed E-state index contributed by atoms with van der Waals surface area (Å²) in [7, 11) is 0. The first-order valence-electron chi connectivity index (χ1n) is 5.31. The second-order valence-electron chi connectivity index (χ2n) is 3.68. The average molecular weight is 296 g/mol. The lowest BCUT2D eigenvalue weighted by atomic mass is 10.1. The Morgan fingerprint density at radius 3 is 2.88 bits per heavy atom. The van der Waals surface area contributed by atoms with Crippen molar-refractivity contribution in [3.05, 3.63) is 28.2 Å². The topological polar surface area (TPSA) is 78.9 Å². The lowest BCUT2D eigenvalue weighted by Crippen LogP contribution is -2.34. The van der Waals surface area contributed by atoms with Gasteiger partial charge in [-0.3, -0.25) is 4.79 Å². The Morgan fingerprint density at radius 1 is 1.65 bits per heavy atom. The minimum absolute atomic E-state index is 0.114. The zero-order valence-corrected chi connectivity index (χ0v) is 11.1. The number of amides is 1. The molecule has 0 aliphatic rings. The molecule has 0 saturated carbocycles. The third-order valence-electron chi connectivity index (χ3n) is 2.42. The highest BCUT2D eigenvalue weighted by Crippen LogP contribution is 2.20. The van der Waals surface area contributed by atoms with Crippen molar-refractivity contribution in [1.29, 1.82) is 5.26 Å². The van der Waals surface area contributed by atoms with Gasteiger partial charge in [-0.2, -0.15) is 5.26 Å². The van der Waals surface area contributed by atoms with Crippen LogP contribution in [0.15, 0.2) is 22.7 Å². The molecule has 5 heteroatoms. The van der Waals surface area contributed by atoms with Gasteiger partial charge in [0.25, 0.3) is 5.91 Å². The van der Waals surface area contributed by atoms with Gasteiger partial charge in [-0.25, -0.2) is 0 Å². The van der Waals surface area contributed by atoms with Gasteiger partial charge >= 0.3 is 0 Å². The third-order valence-corrected chi connectivity index (χ3v) is 3.15. The third kappa shape index (κ3) is 3.75. The SMILES string of the molecule is CCC(CC#N)NC(=O)c1ccc(Br)c(N)c1. The number of nitrogens with zero attached hydrogens (tertiary/aromatic N) is 1. The maximum Gasteiger partial charge on any atom is 0.251 e. The number of nitrogens with two attached hydrogens (primary N) is 1. The molecular weight excluding hydrogens is 282 g/mol. The highest BCUT2D eigenvalue weighted by molar-refractivity contribution is 9.10. The summed E-state index contributed by atoms with van der Waals surface area (Å²) in [6, 6.07) is 6.97. The molecule has 90 valence electrons. The van der Waals surface area contributed by atoms with Crippen molar-refractivity contribution >= 4 is 27.5 Å². The number of hydrogen-bond acceptors (Lipinski definition) is 3. The summed E-state index contributed by atoms with van der Waals surface area (Å²) >= 11 is 3.27. The van der Waals surface area contributed by atoms with E-state index in [0.717, 1.165) is 10.9 Å². The smallest absolute Gasteiger partial charge is 0.251 e. The summed E-state index contributed by atoms with van der Waals surface area (Å²) in [5, 5.41) is 11.4. The van der Waals surface area contributed by atoms with Crippen molar-refractivity contribution in [2.75, 3.05) is 5.73 Å². The van der Waals surface area contributed by atoms with E-state index >= 15 is 0 Å². The molecule has 1 atom stereocenters. The van der Waals surface area contributed by atoms with Crippen molar-refractivity contribution in [2.45, 2.75) is 25.8 Å². The maximum atomic E-state index is 11.9. The first kappa shape index (κ1) is 13.5. The number of rotatable bonds is 4. The largest absolute Gasteiger partial charge is 0.398 e. The van der Waals surface area contributed by atoms with E-state index in [9.17, 15) is 4.79 Å². The Kier molecular flexibility index (Phi) is 4.98. The summed E-state index contributed by atoms with van der Waals surface area (Å²) < 4.78 is 0.762. The molecule has 1 unspecified atom stereocenters. The molecule has 1 aromatic rings. The molecule has 0 aliphatic heterocycles. The van der Waals surface area contributed by atoms with Crippen LogP contribution in [0.25, 0.3) is 0 Å². The van der Waals surface area contributed by atoms with E-state index in [4.69, 9.17) is 11.0 Å². The summed E-state index contributed by atoms with van der Waals surface area (Å²) in [5.41, 5.74) is 6.72. The number of anilines is 1. The Morgan fingerprint density at radius 2 is 2.35 bits per heavy atom. The number of hydrogen-bond donors (Lipinski definition) is 2. The van der Waals surface area contributed by atoms with Gasteiger partial charge in [-0.05, 0) is 40.5 Å². The minimum atomic E-state index is -0.202. The van der Waals surface area contributed by atoms with Crippen LogP contribution in [0.3, 0.4) is 0 Å². The average Bonchev–Trinajstić information content (AvgIpc) is 2.31. The van der Waals surface area contributed by atoms with Gasteiger partial charge in [0.15, 0.2) is 0 Å². The molecule has 1 rings (SSSR count). The molecule has 17 heavy (non-hydrogen) atoms. The van der Waals surface area contributed by atoms with Gasteiger partial charge in [-0.15, -0.1) is 0 Å². The Labute approximate surface area is 109 Å². The number of halogens is 1. The monoisotopic (exact) mass is 295 g/mol. The van der Waals surface area contributed by atoms with Gasteiger partial charge in [0.1, 0.15) is 0 Å². The standard InChI is InChI=1S/C12H14BrN3O/c1-2-9(5-6-14)16-12(17)8-3-4-10(13)11(15)7-8/h3-4,7,9H,2,5,15H2,1H3,(H,16,17). The van der Waals surface area contributed by atoms with Gasteiger partial charge in [0.05, 0.1) is 12.5 Å². The second-order valence-corrected chi connectivity index (χ2v) is 4.53. The van der Waals surface area contributed by atoms with E-state index in [2.05, 4.69) is 21.2 Å². The van der Waals surface area contributed by atoms with Crippen LogP contribution in [0.1, 0.15) is 30.1 Å². The highest BCUT2D eigenvalue weighted by atomic mass is 79.9. The van der Waals surface area contributed by atoms with Crippen LogP contribution < -0.4 is 11.1 Å². The van der Waals surface area contributed by atoms with Gasteiger partial charge in [-0.1, -0.05) is 6.92 Å². The molecule has 0 aliphatic carbocycles. The number of nitrogen functional groups attached to an aromatic ring is 1. The predicted molar refractivity (Wildman–Crippen MR) is 70.3 cm³/mol. The number of nitriles is 1. The molecule has 0 bridgehead atoms. The number of benzene rings is 1. The lowest BCUT2D eigenvalue weighted by Gasteiger charge is -2.13. The fourth-order valence-electron chi connectivity index (χ4n) is 1.36. The van der Waals surface area contributed by atoms with Crippen LogP contribution >= 0.6 is 15.9 Å². The molecule has 0 radical (unpaired) electrons. The van der Waals surface area contributed by atoms with E-state index in [1.807, 2.05) is 13.0 Å². The zero-order chi connectivity index (χ0) is 12.8. The predicted octanol–water partition coefficient (Wildman–Crippen LogP) is 2.45. The first-order valence-corrected chi connectivity index (χ1v) is 6.10. The van der Waals surface area contributed by atoms with Crippen LogP contribution in [-0.4, -0.2) is 11.9 Å². The molecule has 0 aromatic heterocycles. The lowest BCUT2D eigenvalue weighted by molar-refractivity contribution is 0.0936. The van der Waals surface area contributed by atoms with Crippen molar-refractivity contribution in [1.82, 2.24) is 5.32 Å². The Hall–Kier alpha value is -1.54. The normalized spacial score (nSPS) is 11.6. The van der Waals surface area contributed by atoms with E-state index in [0.29, 0.717) is 17.7 Å². The van der Waals surface area contributed by atoms with Crippen LogP contribution in [-0.2, 0) is 0 Å². The fourth-order valence-corrected chi connectivity index (χ4v) is 1.61. The quantitative estimate of drug-likeness (QED) is 0.838. The molecule has 0 spiro atoms. The number of carbonyl (C=O) groups is 1. The molecule has 0 fully saturated rings. The highest BCUT2D eigenvalue weighted by Gasteiger charge is 2.12. The number of nitrogens with one attached hydrogen (secondary N) is 1. The van der Waals surface area contributed by atoms with E-state index in [1.165, 1.54) is 0 Å². The first-order chi connectivity index (χ1) is 8.08. The van der Waals surface area contributed by atoms with E-state index in [1.54, 1.807) is 18.2 Å². The Balaban J connectivity index is 2.76. The molecule has 0 saturated heterocycles.